The zero-order valence-corrected chi connectivity index (χ0v) is 30.6. The highest BCUT2D eigenvalue weighted by molar-refractivity contribution is 14.1. The minimum absolute atomic E-state index is 0.507. The van der Waals surface area contributed by atoms with E-state index < -0.39 is 0 Å². The Morgan fingerprint density at radius 3 is 1.64 bits per heavy atom. The first-order valence-electron chi connectivity index (χ1n) is 13.6. The summed E-state index contributed by atoms with van der Waals surface area (Å²) in [5.41, 5.74) is 4.15. The average Bonchev–Trinajstić information content (AvgIpc) is 3.06. The Labute approximate surface area is 304 Å². The van der Waals surface area contributed by atoms with Crippen LogP contribution in [0.15, 0.2) is 149 Å². The summed E-state index contributed by atoms with van der Waals surface area (Å²) in [4.78, 5) is 8.16. The van der Waals surface area contributed by atoms with E-state index in [4.69, 9.17) is 32.7 Å². The van der Waals surface area contributed by atoms with Gasteiger partial charge in [0.1, 0.15) is 33.9 Å². The number of aromatic nitrogens is 2. The molecule has 0 atom stereocenters. The Kier molecular flexibility index (Phi) is 14.7. The number of halogens is 5. The molecule has 0 N–H and O–H groups in total. The van der Waals surface area contributed by atoms with Crippen molar-refractivity contribution in [1.29, 1.82) is 0 Å². The summed E-state index contributed by atoms with van der Waals surface area (Å²) in [6.07, 6.45) is 3.48. The van der Waals surface area contributed by atoms with E-state index in [1.807, 2.05) is 127 Å². The number of pyridine rings is 2. The van der Waals surface area contributed by atoms with E-state index in [1.54, 1.807) is 12.4 Å². The predicted octanol–water partition coefficient (Wildman–Crippen LogP) is 12.1. The molecule has 6 rings (SSSR count). The molecule has 45 heavy (non-hydrogen) atoms. The van der Waals surface area contributed by atoms with Crippen LogP contribution < -0.4 is 9.47 Å². The Hall–Kier alpha value is -2.95. The molecule has 0 bridgehead atoms. The number of benzene rings is 4. The second-order valence-electron chi connectivity index (χ2n) is 9.26. The highest BCUT2D eigenvalue weighted by Crippen LogP contribution is 2.36. The molecule has 4 aromatic carbocycles. The first-order chi connectivity index (χ1) is 21.9. The van der Waals surface area contributed by atoms with Gasteiger partial charge in [0, 0.05) is 33.6 Å². The molecule has 0 aliphatic carbocycles. The van der Waals surface area contributed by atoms with Gasteiger partial charge in [-0.05, 0) is 126 Å². The first-order valence-corrected chi connectivity index (χ1v) is 17.1. The van der Waals surface area contributed by atoms with Crippen LogP contribution in [-0.2, 0) is 13.2 Å². The van der Waals surface area contributed by atoms with Gasteiger partial charge in [-0.25, -0.2) is 9.97 Å². The molecule has 0 radical (unpaired) electrons. The average molecular weight is 877 g/mol. The molecular formula is C36H27Br2Cl2IN2O2. The van der Waals surface area contributed by atoms with Crippen molar-refractivity contribution in [2.45, 2.75) is 13.2 Å². The summed E-state index contributed by atoms with van der Waals surface area (Å²) >= 11 is 20.9. The van der Waals surface area contributed by atoms with Gasteiger partial charge in [0.25, 0.3) is 0 Å². The number of hydrogen-bond acceptors (Lipinski definition) is 4. The van der Waals surface area contributed by atoms with Crippen LogP contribution in [0.25, 0.3) is 11.1 Å². The number of rotatable bonds is 7. The highest BCUT2D eigenvalue weighted by atomic mass is 127. The number of nitrogens with zero attached hydrogens (tertiary/aromatic N) is 2. The third-order valence-corrected chi connectivity index (χ3v) is 8.40. The van der Waals surface area contributed by atoms with Gasteiger partial charge in [0.05, 0.1) is 3.57 Å². The molecule has 2 heterocycles. The summed E-state index contributed by atoms with van der Waals surface area (Å²) in [6, 6.07) is 41.0. The highest BCUT2D eigenvalue weighted by Gasteiger charge is 2.11. The van der Waals surface area contributed by atoms with Gasteiger partial charge in [-0.1, -0.05) is 89.9 Å². The van der Waals surface area contributed by atoms with E-state index in [0.29, 0.717) is 18.2 Å². The number of ether oxygens (including phenoxy) is 2. The molecular weight excluding hydrogens is 850 g/mol. The first kappa shape index (κ1) is 34.9. The minimum Gasteiger partial charge on any atom is -0.488 e. The minimum atomic E-state index is 0.507. The van der Waals surface area contributed by atoms with Crippen LogP contribution in [0.4, 0.5) is 0 Å². The normalized spacial score (nSPS) is 10.1. The monoisotopic (exact) mass is 874 g/mol. The van der Waals surface area contributed by atoms with Gasteiger partial charge >= 0.3 is 0 Å². The van der Waals surface area contributed by atoms with Crippen LogP contribution in [0, 0.1) is 3.57 Å². The second-order valence-corrected chi connectivity index (χ2v) is 12.9. The molecule has 0 fully saturated rings. The fourth-order valence-corrected chi connectivity index (χ4v) is 5.76. The topological polar surface area (TPSA) is 44.2 Å². The van der Waals surface area contributed by atoms with Crippen LogP contribution in [0.3, 0.4) is 0 Å². The van der Waals surface area contributed by atoms with Gasteiger partial charge in [-0.15, -0.1) is 0 Å². The predicted molar refractivity (Wildman–Crippen MR) is 200 cm³/mol. The molecule has 0 aliphatic heterocycles. The quantitative estimate of drug-likeness (QED) is 0.118. The summed E-state index contributed by atoms with van der Waals surface area (Å²) in [6.45, 7) is 1.09. The van der Waals surface area contributed by atoms with Crippen molar-refractivity contribution in [2.24, 2.45) is 0 Å². The van der Waals surface area contributed by atoms with E-state index in [9.17, 15) is 0 Å². The lowest BCUT2D eigenvalue weighted by molar-refractivity contribution is 0.304. The zero-order valence-electron chi connectivity index (χ0n) is 23.8. The summed E-state index contributed by atoms with van der Waals surface area (Å²) < 4.78 is 14.4. The largest absolute Gasteiger partial charge is 0.488 e. The summed E-state index contributed by atoms with van der Waals surface area (Å²) in [7, 11) is 0. The van der Waals surface area contributed by atoms with E-state index in [0.717, 1.165) is 51.6 Å². The van der Waals surface area contributed by atoms with Crippen molar-refractivity contribution in [2.75, 3.05) is 0 Å². The van der Waals surface area contributed by atoms with Gasteiger partial charge in [0.2, 0.25) is 0 Å². The molecule has 0 spiro atoms. The maximum Gasteiger partial charge on any atom is 0.133 e. The zero-order chi connectivity index (χ0) is 31.9. The molecule has 9 heteroatoms. The van der Waals surface area contributed by atoms with E-state index in [2.05, 4.69) is 64.4 Å². The van der Waals surface area contributed by atoms with Crippen molar-refractivity contribution < 1.29 is 9.47 Å². The van der Waals surface area contributed by atoms with Crippen molar-refractivity contribution >= 4 is 77.7 Å². The van der Waals surface area contributed by atoms with Crippen molar-refractivity contribution in [3.8, 4) is 22.6 Å². The van der Waals surface area contributed by atoms with E-state index in [-0.39, 0.29) is 0 Å². The van der Waals surface area contributed by atoms with Gasteiger partial charge < -0.3 is 9.47 Å². The molecule has 228 valence electrons. The third kappa shape index (κ3) is 12.1. The van der Waals surface area contributed by atoms with Crippen LogP contribution in [0.2, 0.25) is 10.0 Å². The van der Waals surface area contributed by atoms with Crippen LogP contribution in [0.5, 0.6) is 11.5 Å². The summed E-state index contributed by atoms with van der Waals surface area (Å²) in [5.74, 6) is 1.65. The van der Waals surface area contributed by atoms with E-state index >= 15 is 0 Å². The van der Waals surface area contributed by atoms with Crippen LogP contribution >= 0.6 is 77.7 Å². The maximum atomic E-state index is 6.14. The second kappa shape index (κ2) is 18.9. The Morgan fingerprint density at radius 1 is 0.556 bits per heavy atom. The molecule has 4 nitrogen and oxygen atoms in total. The maximum absolute atomic E-state index is 6.14. The fraction of sp³-hybridized carbons (Fsp3) is 0.0556. The Balaban J connectivity index is 0.000000174. The molecule has 0 unspecified atom stereocenters. The van der Waals surface area contributed by atoms with Gasteiger partial charge in [-0.3, -0.25) is 0 Å². The molecule has 0 aliphatic rings. The molecule has 0 amide bonds. The SMILES string of the molecule is Brc1ccccn1.Clc1ccc(OCc2ccccc2)c(-c2cccnc2Br)c1.Clc1ccc(OCc2ccccc2)c(I)c1. The molecule has 0 saturated heterocycles. The summed E-state index contributed by atoms with van der Waals surface area (Å²) in [5, 5.41) is 1.40. The van der Waals surface area contributed by atoms with Crippen molar-refractivity contribution in [1.82, 2.24) is 9.97 Å². The Morgan fingerprint density at radius 2 is 1.11 bits per heavy atom. The molecule has 0 saturated carbocycles. The lowest BCUT2D eigenvalue weighted by Crippen LogP contribution is -1.97. The van der Waals surface area contributed by atoms with Crippen LogP contribution in [-0.4, -0.2) is 9.97 Å². The van der Waals surface area contributed by atoms with Crippen molar-refractivity contribution in [3.05, 3.63) is 174 Å². The number of hydrogen-bond donors (Lipinski definition) is 0. The van der Waals surface area contributed by atoms with Crippen LogP contribution in [0.1, 0.15) is 11.1 Å². The Bertz CT molecular complexity index is 1770. The van der Waals surface area contributed by atoms with Gasteiger partial charge in [0.15, 0.2) is 0 Å². The van der Waals surface area contributed by atoms with Gasteiger partial charge in [-0.2, -0.15) is 0 Å². The van der Waals surface area contributed by atoms with Crippen molar-refractivity contribution in [3.63, 3.8) is 0 Å². The fourth-order valence-electron chi connectivity index (χ4n) is 3.83. The van der Waals surface area contributed by atoms with E-state index in [1.165, 1.54) is 0 Å². The third-order valence-electron chi connectivity index (χ3n) is 5.99. The molecule has 6 aromatic rings. The standard InChI is InChI=1S/C18H13BrClNO.C13H10ClIO.C5H4BrN/c19-18-15(7-4-10-21-18)16-11-14(20)8-9-17(16)22-12-13-5-2-1-3-6-13;14-11-6-7-13(12(15)8-11)16-9-10-4-2-1-3-5-10;6-5-3-1-2-4-7-5/h1-11H,12H2;1-8H,9H2;1-4H. The smallest absolute Gasteiger partial charge is 0.133 e. The lowest BCUT2D eigenvalue weighted by Gasteiger charge is -2.13. The molecule has 2 aromatic heterocycles. The lowest BCUT2D eigenvalue weighted by atomic mass is 10.1.